The molecule has 2 aromatic rings. The van der Waals surface area contributed by atoms with Crippen LogP contribution in [0.5, 0.6) is 0 Å². The van der Waals surface area contributed by atoms with Gasteiger partial charge in [0.2, 0.25) is 5.91 Å². The van der Waals surface area contributed by atoms with E-state index < -0.39 is 15.8 Å². The van der Waals surface area contributed by atoms with Crippen molar-refractivity contribution < 1.29 is 17.6 Å². The lowest BCUT2D eigenvalue weighted by Gasteiger charge is -2.10. The maximum absolute atomic E-state index is 12.8. The summed E-state index contributed by atoms with van der Waals surface area (Å²) in [4.78, 5) is 10.9. The molecule has 5 nitrogen and oxygen atoms in total. The minimum atomic E-state index is -3.85. The lowest BCUT2D eigenvalue weighted by atomic mass is 10.3. The van der Waals surface area contributed by atoms with E-state index in [1.807, 2.05) is 0 Å². The molecule has 0 unspecified atom stereocenters. The van der Waals surface area contributed by atoms with Gasteiger partial charge in [-0.1, -0.05) is 11.6 Å². The average Bonchev–Trinajstić information content (AvgIpc) is 2.41. The topological polar surface area (TPSA) is 75.3 Å². The van der Waals surface area contributed by atoms with Gasteiger partial charge in [0.15, 0.2) is 0 Å². The summed E-state index contributed by atoms with van der Waals surface area (Å²) < 4.78 is 39.4. The van der Waals surface area contributed by atoms with Crippen LogP contribution in [0, 0.1) is 5.82 Å². The number of carbonyl (C=O) groups excluding carboxylic acids is 1. The van der Waals surface area contributed by atoms with Gasteiger partial charge in [0.05, 0.1) is 21.3 Å². The first-order valence-corrected chi connectivity index (χ1v) is 7.99. The summed E-state index contributed by atoms with van der Waals surface area (Å²) in [6, 6.07) is 8.73. The fraction of sp³-hybridized carbons (Fsp3) is 0.0714. The van der Waals surface area contributed by atoms with E-state index in [0.717, 1.165) is 24.3 Å². The molecular formula is C14H12ClFN2O3S. The summed E-state index contributed by atoms with van der Waals surface area (Å²) >= 11 is 5.97. The SMILES string of the molecule is CC(=O)Nc1ccc(NS(=O)(=O)c2ccc(F)cc2)cc1Cl. The summed E-state index contributed by atoms with van der Waals surface area (Å²) in [6.07, 6.45) is 0. The van der Waals surface area contributed by atoms with Crippen LogP contribution in [-0.2, 0) is 14.8 Å². The summed E-state index contributed by atoms with van der Waals surface area (Å²) in [6.45, 7) is 1.33. The third-order valence-corrected chi connectivity index (χ3v) is 4.37. The minimum Gasteiger partial charge on any atom is -0.325 e. The van der Waals surface area contributed by atoms with E-state index in [1.165, 1.54) is 25.1 Å². The van der Waals surface area contributed by atoms with Crippen LogP contribution < -0.4 is 10.0 Å². The third kappa shape index (κ3) is 3.96. The second kappa shape index (κ2) is 6.33. The smallest absolute Gasteiger partial charge is 0.261 e. The second-order valence-corrected chi connectivity index (χ2v) is 6.52. The van der Waals surface area contributed by atoms with E-state index in [9.17, 15) is 17.6 Å². The molecule has 0 aliphatic rings. The molecule has 0 aromatic heterocycles. The highest BCUT2D eigenvalue weighted by Gasteiger charge is 2.15. The van der Waals surface area contributed by atoms with Gasteiger partial charge in [0.25, 0.3) is 10.0 Å². The Kier molecular flexibility index (Phi) is 4.68. The molecule has 0 spiro atoms. The van der Waals surface area contributed by atoms with Gasteiger partial charge in [-0.25, -0.2) is 12.8 Å². The second-order valence-electron chi connectivity index (χ2n) is 4.44. The van der Waals surface area contributed by atoms with E-state index in [4.69, 9.17) is 11.6 Å². The zero-order valence-electron chi connectivity index (χ0n) is 11.4. The molecule has 22 heavy (non-hydrogen) atoms. The summed E-state index contributed by atoms with van der Waals surface area (Å²) in [7, 11) is -3.85. The van der Waals surface area contributed by atoms with Crippen molar-refractivity contribution in [2.24, 2.45) is 0 Å². The monoisotopic (exact) mass is 342 g/mol. The maximum Gasteiger partial charge on any atom is 0.261 e. The molecule has 0 saturated carbocycles. The molecule has 8 heteroatoms. The zero-order valence-corrected chi connectivity index (χ0v) is 13.0. The molecule has 2 N–H and O–H groups in total. The van der Waals surface area contributed by atoms with E-state index >= 15 is 0 Å². The molecule has 0 aliphatic carbocycles. The van der Waals surface area contributed by atoms with Crippen molar-refractivity contribution in [3.8, 4) is 0 Å². The molecule has 0 radical (unpaired) electrons. The normalized spacial score (nSPS) is 11.0. The van der Waals surface area contributed by atoms with Crippen molar-refractivity contribution in [1.82, 2.24) is 0 Å². The van der Waals surface area contributed by atoms with Crippen LogP contribution in [0.25, 0.3) is 0 Å². The molecule has 0 bridgehead atoms. The number of halogens is 2. The van der Waals surface area contributed by atoms with Gasteiger partial charge in [-0.05, 0) is 42.5 Å². The fourth-order valence-corrected chi connectivity index (χ4v) is 2.97. The fourth-order valence-electron chi connectivity index (χ4n) is 1.70. The number of nitrogens with one attached hydrogen (secondary N) is 2. The Hall–Kier alpha value is -2.12. The van der Waals surface area contributed by atoms with Gasteiger partial charge in [-0.15, -0.1) is 0 Å². The first-order valence-electron chi connectivity index (χ1n) is 6.13. The maximum atomic E-state index is 12.8. The van der Waals surface area contributed by atoms with Gasteiger partial charge < -0.3 is 5.32 Å². The van der Waals surface area contributed by atoms with E-state index in [0.29, 0.717) is 5.69 Å². The lowest BCUT2D eigenvalue weighted by Crippen LogP contribution is -2.13. The first kappa shape index (κ1) is 16.3. The van der Waals surface area contributed by atoms with Gasteiger partial charge in [-0.3, -0.25) is 9.52 Å². The summed E-state index contributed by atoms with van der Waals surface area (Å²) in [5.41, 5.74) is 0.599. The van der Waals surface area contributed by atoms with Gasteiger partial charge in [-0.2, -0.15) is 0 Å². The number of hydrogen-bond acceptors (Lipinski definition) is 3. The number of rotatable bonds is 4. The number of sulfonamides is 1. The highest BCUT2D eigenvalue weighted by molar-refractivity contribution is 7.92. The number of hydrogen-bond donors (Lipinski definition) is 2. The van der Waals surface area contributed by atoms with Crippen molar-refractivity contribution >= 4 is 38.9 Å². The molecule has 0 saturated heterocycles. The Morgan fingerprint density at radius 1 is 1.14 bits per heavy atom. The van der Waals surface area contributed by atoms with Crippen molar-refractivity contribution in [3.05, 3.63) is 53.3 Å². The van der Waals surface area contributed by atoms with Crippen LogP contribution in [0.3, 0.4) is 0 Å². The van der Waals surface area contributed by atoms with Gasteiger partial charge >= 0.3 is 0 Å². The molecule has 0 aliphatic heterocycles. The van der Waals surface area contributed by atoms with Crippen molar-refractivity contribution in [2.75, 3.05) is 10.0 Å². The quantitative estimate of drug-likeness (QED) is 0.895. The van der Waals surface area contributed by atoms with E-state index in [-0.39, 0.29) is 21.5 Å². The predicted octanol–water partition coefficient (Wildman–Crippen LogP) is 3.24. The summed E-state index contributed by atoms with van der Waals surface area (Å²) in [5.74, 6) is -0.816. The third-order valence-electron chi connectivity index (χ3n) is 2.66. The van der Waals surface area contributed by atoms with Crippen LogP contribution >= 0.6 is 11.6 Å². The Balaban J connectivity index is 2.24. The molecule has 1 amide bonds. The Morgan fingerprint density at radius 3 is 2.32 bits per heavy atom. The minimum absolute atomic E-state index is 0.0732. The van der Waals surface area contributed by atoms with E-state index in [1.54, 1.807) is 0 Å². The summed E-state index contributed by atoms with van der Waals surface area (Å²) in [5, 5.41) is 2.70. The van der Waals surface area contributed by atoms with Crippen molar-refractivity contribution in [2.45, 2.75) is 11.8 Å². The number of benzene rings is 2. The largest absolute Gasteiger partial charge is 0.325 e. The molecule has 116 valence electrons. The van der Waals surface area contributed by atoms with E-state index in [2.05, 4.69) is 10.0 Å². The number of carbonyl (C=O) groups is 1. The van der Waals surface area contributed by atoms with Crippen LogP contribution in [0.2, 0.25) is 5.02 Å². The standard InChI is InChI=1S/C14H12ClFN2O3S/c1-9(19)17-14-7-4-11(8-13(14)15)18-22(20,21)12-5-2-10(16)3-6-12/h2-8,18H,1H3,(H,17,19). The highest BCUT2D eigenvalue weighted by Crippen LogP contribution is 2.27. The number of amides is 1. The molecule has 2 aromatic carbocycles. The Bertz CT molecular complexity index is 807. The molecule has 0 fully saturated rings. The molecule has 0 atom stereocenters. The first-order chi connectivity index (χ1) is 10.3. The molecular weight excluding hydrogens is 331 g/mol. The van der Waals surface area contributed by atoms with Crippen molar-refractivity contribution in [3.63, 3.8) is 0 Å². The average molecular weight is 343 g/mol. The molecule has 0 heterocycles. The zero-order chi connectivity index (χ0) is 16.3. The van der Waals surface area contributed by atoms with Crippen LogP contribution in [0.15, 0.2) is 47.4 Å². The predicted molar refractivity (Wildman–Crippen MR) is 83.0 cm³/mol. The van der Waals surface area contributed by atoms with Crippen molar-refractivity contribution in [1.29, 1.82) is 0 Å². The van der Waals surface area contributed by atoms with Gasteiger partial charge in [0, 0.05) is 6.92 Å². The van der Waals surface area contributed by atoms with Crippen LogP contribution in [0.1, 0.15) is 6.92 Å². The number of anilines is 2. The Morgan fingerprint density at radius 2 is 1.77 bits per heavy atom. The van der Waals surface area contributed by atoms with Crippen LogP contribution in [-0.4, -0.2) is 14.3 Å². The van der Waals surface area contributed by atoms with Gasteiger partial charge in [0.1, 0.15) is 5.82 Å². The Labute approximate surface area is 132 Å². The lowest BCUT2D eigenvalue weighted by molar-refractivity contribution is -0.114. The highest BCUT2D eigenvalue weighted by atomic mass is 35.5. The van der Waals surface area contributed by atoms with Crippen LogP contribution in [0.4, 0.5) is 15.8 Å². The molecule has 2 rings (SSSR count).